The van der Waals surface area contributed by atoms with Crippen LogP contribution < -0.4 is 11.1 Å². The van der Waals surface area contributed by atoms with Crippen molar-refractivity contribution in [3.8, 4) is 0 Å². The number of nitro benzene ring substituents is 1. The topological polar surface area (TPSA) is 107 Å². The Hall–Kier alpha value is -3.09. The summed E-state index contributed by atoms with van der Waals surface area (Å²) >= 11 is 0. The van der Waals surface area contributed by atoms with Crippen molar-refractivity contribution in [2.24, 2.45) is 0 Å². The molecule has 0 atom stereocenters. The number of nitrogens with two attached hydrogens (primary N) is 1. The van der Waals surface area contributed by atoms with Gasteiger partial charge in [-0.05, 0) is 23.6 Å². The quantitative estimate of drug-likeness (QED) is 0.484. The van der Waals surface area contributed by atoms with Crippen molar-refractivity contribution < 1.29 is 14.5 Å². The van der Waals surface area contributed by atoms with E-state index in [0.717, 1.165) is 5.56 Å². The number of ether oxygens (including phenoxy) is 1. The van der Waals surface area contributed by atoms with Crippen LogP contribution in [-0.2, 0) is 17.8 Å². The van der Waals surface area contributed by atoms with E-state index in [4.69, 9.17) is 10.5 Å². The Balaban J connectivity index is 1.77. The first-order valence-electron chi connectivity index (χ1n) is 7.03. The summed E-state index contributed by atoms with van der Waals surface area (Å²) < 4.78 is 5.07. The number of hydrogen-bond acceptors (Lipinski definition) is 5. The van der Waals surface area contributed by atoms with E-state index in [2.05, 4.69) is 5.32 Å². The molecule has 1 amide bonds. The number of nitro groups is 1. The molecule has 0 heterocycles. The molecule has 0 aliphatic carbocycles. The van der Waals surface area contributed by atoms with Gasteiger partial charge in [0.05, 0.1) is 4.92 Å². The van der Waals surface area contributed by atoms with Gasteiger partial charge in [0, 0.05) is 12.6 Å². The molecule has 0 fully saturated rings. The molecule has 0 radical (unpaired) electrons. The highest BCUT2D eigenvalue weighted by atomic mass is 16.6. The predicted octanol–water partition coefficient (Wildman–Crippen LogP) is 2.65. The lowest BCUT2D eigenvalue weighted by atomic mass is 10.1. The molecule has 0 aliphatic heterocycles. The molecule has 2 aromatic carbocycles. The Labute approximate surface area is 133 Å². The van der Waals surface area contributed by atoms with Crippen LogP contribution in [0.15, 0.2) is 48.5 Å². The number of alkyl carbamates (subject to hydrolysis) is 1. The molecule has 2 rings (SSSR count). The zero-order valence-electron chi connectivity index (χ0n) is 12.4. The molecule has 0 spiro atoms. The second kappa shape index (κ2) is 7.79. The van der Waals surface area contributed by atoms with Gasteiger partial charge in [-0.1, -0.05) is 36.4 Å². The zero-order chi connectivity index (χ0) is 16.7. The Morgan fingerprint density at radius 3 is 2.61 bits per heavy atom. The summed E-state index contributed by atoms with van der Waals surface area (Å²) in [5, 5.41) is 13.4. The SMILES string of the molecule is Nc1ccc(CCNC(=O)OCc2ccccc2)cc1[N+](=O)[O-]. The number of rotatable bonds is 6. The monoisotopic (exact) mass is 315 g/mol. The van der Waals surface area contributed by atoms with E-state index in [9.17, 15) is 14.9 Å². The molecule has 7 nitrogen and oxygen atoms in total. The van der Waals surface area contributed by atoms with Crippen LogP contribution in [0.3, 0.4) is 0 Å². The molecule has 0 aliphatic rings. The normalized spacial score (nSPS) is 10.1. The molecule has 2 aromatic rings. The Kier molecular flexibility index (Phi) is 5.51. The van der Waals surface area contributed by atoms with E-state index in [1.807, 2.05) is 30.3 Å². The summed E-state index contributed by atoms with van der Waals surface area (Å²) in [6, 6.07) is 13.9. The fourth-order valence-electron chi connectivity index (χ4n) is 1.99. The zero-order valence-corrected chi connectivity index (χ0v) is 12.4. The molecule has 0 aromatic heterocycles. The predicted molar refractivity (Wildman–Crippen MR) is 85.8 cm³/mol. The van der Waals surface area contributed by atoms with Gasteiger partial charge in [-0.2, -0.15) is 0 Å². The minimum Gasteiger partial charge on any atom is -0.445 e. The standard InChI is InChI=1S/C16H17N3O4/c17-14-7-6-12(10-15(14)19(21)22)8-9-18-16(20)23-11-13-4-2-1-3-5-13/h1-7,10H,8-9,11,17H2,(H,18,20). The van der Waals surface area contributed by atoms with Crippen molar-refractivity contribution in [2.75, 3.05) is 12.3 Å². The lowest BCUT2D eigenvalue weighted by Gasteiger charge is -2.07. The van der Waals surface area contributed by atoms with E-state index in [1.54, 1.807) is 6.07 Å². The van der Waals surface area contributed by atoms with Crippen LogP contribution >= 0.6 is 0 Å². The summed E-state index contributed by atoms with van der Waals surface area (Å²) in [6.45, 7) is 0.509. The van der Waals surface area contributed by atoms with Crippen LogP contribution in [0.25, 0.3) is 0 Å². The molecular weight excluding hydrogens is 298 g/mol. The van der Waals surface area contributed by atoms with Gasteiger partial charge in [-0.3, -0.25) is 10.1 Å². The molecule has 0 bridgehead atoms. The maximum atomic E-state index is 11.6. The largest absolute Gasteiger partial charge is 0.445 e. The van der Waals surface area contributed by atoms with Gasteiger partial charge >= 0.3 is 6.09 Å². The van der Waals surface area contributed by atoms with Crippen LogP contribution in [0, 0.1) is 10.1 Å². The first-order chi connectivity index (χ1) is 11.1. The van der Waals surface area contributed by atoms with Crippen molar-refractivity contribution in [1.82, 2.24) is 5.32 Å². The minimum atomic E-state index is -0.529. The van der Waals surface area contributed by atoms with Gasteiger partial charge in [0.1, 0.15) is 12.3 Å². The van der Waals surface area contributed by atoms with E-state index in [1.165, 1.54) is 12.1 Å². The lowest BCUT2D eigenvalue weighted by Crippen LogP contribution is -2.26. The number of nitrogens with zero attached hydrogens (tertiary/aromatic N) is 1. The fraction of sp³-hybridized carbons (Fsp3) is 0.188. The smallest absolute Gasteiger partial charge is 0.407 e. The first kappa shape index (κ1) is 16.3. The van der Waals surface area contributed by atoms with Crippen LogP contribution in [0.4, 0.5) is 16.2 Å². The number of amides is 1. The second-order valence-electron chi connectivity index (χ2n) is 4.89. The maximum Gasteiger partial charge on any atom is 0.407 e. The van der Waals surface area contributed by atoms with Crippen molar-refractivity contribution in [2.45, 2.75) is 13.0 Å². The lowest BCUT2D eigenvalue weighted by molar-refractivity contribution is -0.384. The molecule has 0 unspecified atom stereocenters. The highest BCUT2D eigenvalue weighted by molar-refractivity contribution is 5.67. The van der Waals surface area contributed by atoms with Gasteiger partial charge in [0.2, 0.25) is 0 Å². The van der Waals surface area contributed by atoms with Gasteiger partial charge in [-0.15, -0.1) is 0 Å². The summed E-state index contributed by atoms with van der Waals surface area (Å²) in [6.07, 6.45) is -0.0829. The van der Waals surface area contributed by atoms with Gasteiger partial charge in [0.15, 0.2) is 0 Å². The summed E-state index contributed by atoms with van der Waals surface area (Å²) in [5.74, 6) is 0. The number of benzene rings is 2. The third-order valence-electron chi connectivity index (χ3n) is 3.19. The highest BCUT2D eigenvalue weighted by Crippen LogP contribution is 2.22. The number of hydrogen-bond donors (Lipinski definition) is 2. The molecule has 7 heteroatoms. The Bertz CT molecular complexity index is 689. The van der Waals surface area contributed by atoms with E-state index in [-0.39, 0.29) is 18.0 Å². The fourth-order valence-corrected chi connectivity index (χ4v) is 1.99. The van der Waals surface area contributed by atoms with Crippen molar-refractivity contribution >= 4 is 17.5 Å². The third kappa shape index (κ3) is 4.99. The van der Waals surface area contributed by atoms with Crippen LogP contribution in [-0.4, -0.2) is 17.6 Å². The molecule has 0 saturated carbocycles. The maximum absolute atomic E-state index is 11.6. The number of carbonyl (C=O) groups excluding carboxylic acids is 1. The second-order valence-corrected chi connectivity index (χ2v) is 4.89. The third-order valence-corrected chi connectivity index (χ3v) is 3.19. The van der Waals surface area contributed by atoms with E-state index >= 15 is 0 Å². The summed E-state index contributed by atoms with van der Waals surface area (Å²) in [5.41, 5.74) is 7.14. The van der Waals surface area contributed by atoms with Crippen LogP contribution in [0.2, 0.25) is 0 Å². The van der Waals surface area contributed by atoms with Gasteiger partial charge in [-0.25, -0.2) is 4.79 Å². The average Bonchev–Trinajstić information content (AvgIpc) is 2.55. The van der Waals surface area contributed by atoms with Crippen molar-refractivity contribution in [1.29, 1.82) is 0 Å². The molecule has 120 valence electrons. The molecule has 3 N–H and O–H groups in total. The Morgan fingerprint density at radius 2 is 1.91 bits per heavy atom. The summed E-state index contributed by atoms with van der Waals surface area (Å²) in [7, 11) is 0. The van der Waals surface area contributed by atoms with Crippen molar-refractivity contribution in [3.63, 3.8) is 0 Å². The average molecular weight is 315 g/mol. The van der Waals surface area contributed by atoms with Crippen LogP contribution in [0.5, 0.6) is 0 Å². The molecular formula is C16H17N3O4. The Morgan fingerprint density at radius 1 is 1.17 bits per heavy atom. The molecule has 23 heavy (non-hydrogen) atoms. The number of anilines is 1. The highest BCUT2D eigenvalue weighted by Gasteiger charge is 2.11. The van der Waals surface area contributed by atoms with E-state index < -0.39 is 11.0 Å². The molecule has 0 saturated heterocycles. The summed E-state index contributed by atoms with van der Waals surface area (Å²) in [4.78, 5) is 21.9. The minimum absolute atomic E-state index is 0.119. The van der Waals surface area contributed by atoms with Crippen molar-refractivity contribution in [3.05, 3.63) is 69.8 Å². The van der Waals surface area contributed by atoms with Crippen LogP contribution in [0.1, 0.15) is 11.1 Å². The van der Waals surface area contributed by atoms with Gasteiger partial charge < -0.3 is 15.8 Å². The number of nitrogen functional groups attached to an aromatic ring is 1. The first-order valence-corrected chi connectivity index (χ1v) is 7.03. The number of carbonyl (C=O) groups is 1. The van der Waals surface area contributed by atoms with Gasteiger partial charge in [0.25, 0.3) is 5.69 Å². The van der Waals surface area contributed by atoms with E-state index in [0.29, 0.717) is 18.5 Å². The number of nitrogens with one attached hydrogen (secondary N) is 1.